The van der Waals surface area contributed by atoms with Crippen molar-refractivity contribution < 1.29 is 14.7 Å². The lowest BCUT2D eigenvalue weighted by Crippen LogP contribution is -2.32. The van der Waals surface area contributed by atoms with Crippen molar-refractivity contribution in [1.29, 1.82) is 0 Å². The Balaban J connectivity index is 1.64. The van der Waals surface area contributed by atoms with Gasteiger partial charge in [0, 0.05) is 10.9 Å². The number of hydrogen-bond acceptors (Lipinski definition) is 3. The molecule has 0 saturated carbocycles. The molecule has 112 valence electrons. The molecule has 3 atom stereocenters. The van der Waals surface area contributed by atoms with Gasteiger partial charge in [0.15, 0.2) is 0 Å². The molecule has 0 aliphatic heterocycles. The topological polar surface area (TPSA) is 66.4 Å². The van der Waals surface area contributed by atoms with Crippen LogP contribution in [-0.4, -0.2) is 23.0 Å². The largest absolute Gasteiger partial charge is 0.481 e. The number of aliphatic carboxylic acids is 1. The molecular weight excluding hydrogens is 286 g/mol. The van der Waals surface area contributed by atoms with Crippen LogP contribution >= 0.6 is 11.3 Å². The van der Waals surface area contributed by atoms with E-state index in [9.17, 15) is 9.59 Å². The first kappa shape index (κ1) is 14.3. The van der Waals surface area contributed by atoms with Gasteiger partial charge in [-0.3, -0.25) is 9.59 Å². The molecule has 0 spiro atoms. The van der Waals surface area contributed by atoms with Crippen LogP contribution in [0.1, 0.15) is 39.9 Å². The Morgan fingerprint density at radius 1 is 1.38 bits per heavy atom. The van der Waals surface area contributed by atoms with Gasteiger partial charge < -0.3 is 10.4 Å². The minimum absolute atomic E-state index is 0.0808. The van der Waals surface area contributed by atoms with Gasteiger partial charge in [-0.15, -0.1) is 11.3 Å². The quantitative estimate of drug-likeness (QED) is 0.844. The normalized spacial score (nSPS) is 27.4. The fraction of sp³-hybridized carbons (Fsp3) is 0.500. The number of hydrogen-bond donors (Lipinski definition) is 2. The standard InChI is InChI=1S/C16H19NO3S/c1-9-2-5-13-11(6-9)8-14(21-13)15(18)17-12-4-3-10(7-12)16(19)20/h3-4,8-10,12H,2,5-7H2,1H3,(H,17,18)(H,19,20). The van der Waals surface area contributed by atoms with E-state index in [1.165, 1.54) is 16.9 Å². The molecule has 3 rings (SSSR count). The molecule has 1 aromatic heterocycles. The van der Waals surface area contributed by atoms with Crippen molar-refractivity contribution in [2.75, 3.05) is 0 Å². The molecule has 0 aromatic carbocycles. The first-order chi connectivity index (χ1) is 10.0. The Bertz CT molecular complexity index is 605. The van der Waals surface area contributed by atoms with Crippen molar-refractivity contribution in [3.05, 3.63) is 33.5 Å². The Hall–Kier alpha value is -1.62. The zero-order valence-electron chi connectivity index (χ0n) is 12.0. The molecule has 1 heterocycles. The van der Waals surface area contributed by atoms with Crippen LogP contribution in [0.3, 0.4) is 0 Å². The summed E-state index contributed by atoms with van der Waals surface area (Å²) in [6, 6.07) is 1.84. The van der Waals surface area contributed by atoms with Gasteiger partial charge in [0.1, 0.15) is 0 Å². The predicted octanol–water partition coefficient (Wildman–Crippen LogP) is 2.63. The van der Waals surface area contributed by atoms with Crippen molar-refractivity contribution >= 4 is 23.2 Å². The third-order valence-electron chi connectivity index (χ3n) is 4.27. The van der Waals surface area contributed by atoms with Crippen LogP contribution in [-0.2, 0) is 17.6 Å². The second-order valence-electron chi connectivity index (χ2n) is 6.05. The number of nitrogens with one attached hydrogen (secondary N) is 1. The minimum Gasteiger partial charge on any atom is -0.481 e. The highest BCUT2D eigenvalue weighted by molar-refractivity contribution is 7.14. The molecule has 0 radical (unpaired) electrons. The van der Waals surface area contributed by atoms with E-state index in [-0.39, 0.29) is 11.9 Å². The van der Waals surface area contributed by atoms with Gasteiger partial charge >= 0.3 is 5.97 Å². The molecule has 0 saturated heterocycles. The Morgan fingerprint density at radius 2 is 2.19 bits per heavy atom. The van der Waals surface area contributed by atoms with Crippen molar-refractivity contribution in [3.8, 4) is 0 Å². The molecule has 4 nitrogen and oxygen atoms in total. The predicted molar refractivity (Wildman–Crippen MR) is 81.6 cm³/mol. The number of carbonyl (C=O) groups excluding carboxylic acids is 1. The number of carboxylic acid groups (broad SMARTS) is 1. The summed E-state index contributed by atoms with van der Waals surface area (Å²) >= 11 is 1.58. The zero-order valence-corrected chi connectivity index (χ0v) is 12.8. The van der Waals surface area contributed by atoms with E-state index >= 15 is 0 Å². The molecule has 2 N–H and O–H groups in total. The van der Waals surface area contributed by atoms with Crippen LogP contribution in [0.5, 0.6) is 0 Å². The fourth-order valence-electron chi connectivity index (χ4n) is 3.05. The third-order valence-corrected chi connectivity index (χ3v) is 5.51. The summed E-state index contributed by atoms with van der Waals surface area (Å²) < 4.78 is 0. The van der Waals surface area contributed by atoms with Gasteiger partial charge in [0.2, 0.25) is 0 Å². The second-order valence-corrected chi connectivity index (χ2v) is 7.19. The molecule has 0 bridgehead atoms. The van der Waals surface area contributed by atoms with Crippen molar-refractivity contribution in [3.63, 3.8) is 0 Å². The fourth-order valence-corrected chi connectivity index (χ4v) is 4.16. The molecule has 1 aromatic rings. The SMILES string of the molecule is CC1CCc2sc(C(=O)NC3C=CC(C(=O)O)C3)cc2C1. The number of thiophene rings is 1. The summed E-state index contributed by atoms with van der Waals surface area (Å²) in [6.07, 6.45) is 7.21. The van der Waals surface area contributed by atoms with Gasteiger partial charge in [-0.05, 0) is 43.2 Å². The molecule has 1 amide bonds. The lowest BCUT2D eigenvalue weighted by atomic mass is 9.90. The molecule has 0 fully saturated rings. The van der Waals surface area contributed by atoms with E-state index in [1.807, 2.05) is 6.07 Å². The van der Waals surface area contributed by atoms with E-state index in [2.05, 4.69) is 12.2 Å². The van der Waals surface area contributed by atoms with Crippen LogP contribution in [0.15, 0.2) is 18.2 Å². The van der Waals surface area contributed by atoms with Crippen molar-refractivity contribution in [2.45, 2.75) is 38.6 Å². The van der Waals surface area contributed by atoms with Crippen LogP contribution < -0.4 is 5.32 Å². The highest BCUT2D eigenvalue weighted by Gasteiger charge is 2.27. The maximum atomic E-state index is 12.3. The molecule has 5 heteroatoms. The number of rotatable bonds is 3. The van der Waals surface area contributed by atoms with E-state index < -0.39 is 11.9 Å². The number of carbonyl (C=O) groups is 2. The smallest absolute Gasteiger partial charge is 0.310 e. The van der Waals surface area contributed by atoms with E-state index in [4.69, 9.17) is 5.11 Å². The highest BCUT2D eigenvalue weighted by Crippen LogP contribution is 2.32. The zero-order chi connectivity index (χ0) is 15.0. The monoisotopic (exact) mass is 305 g/mol. The van der Waals surface area contributed by atoms with Gasteiger partial charge in [-0.25, -0.2) is 0 Å². The number of aryl methyl sites for hydroxylation is 1. The molecular formula is C16H19NO3S. The second kappa shape index (κ2) is 5.64. The molecule has 3 unspecified atom stereocenters. The lowest BCUT2D eigenvalue weighted by Gasteiger charge is -2.16. The summed E-state index contributed by atoms with van der Waals surface area (Å²) in [6.45, 7) is 2.25. The molecule has 2 aliphatic carbocycles. The van der Waals surface area contributed by atoms with Gasteiger partial charge in [-0.1, -0.05) is 19.1 Å². The van der Waals surface area contributed by atoms with Crippen molar-refractivity contribution in [2.24, 2.45) is 11.8 Å². The van der Waals surface area contributed by atoms with Gasteiger partial charge in [0.25, 0.3) is 5.91 Å². The summed E-state index contributed by atoms with van der Waals surface area (Å²) in [7, 11) is 0. The van der Waals surface area contributed by atoms with E-state index in [0.717, 1.165) is 17.7 Å². The number of carboxylic acids is 1. The first-order valence-corrected chi connectivity index (χ1v) is 8.18. The van der Waals surface area contributed by atoms with E-state index in [1.54, 1.807) is 23.5 Å². The first-order valence-electron chi connectivity index (χ1n) is 7.36. The maximum absolute atomic E-state index is 12.3. The number of fused-ring (bicyclic) bond motifs is 1. The summed E-state index contributed by atoms with van der Waals surface area (Å²) in [5.74, 6) is -0.698. The average Bonchev–Trinajstić information content (AvgIpc) is 3.04. The Morgan fingerprint density at radius 3 is 2.90 bits per heavy atom. The lowest BCUT2D eigenvalue weighted by molar-refractivity contribution is -0.140. The van der Waals surface area contributed by atoms with Gasteiger partial charge in [-0.2, -0.15) is 0 Å². The highest BCUT2D eigenvalue weighted by atomic mass is 32.1. The Kier molecular flexibility index (Phi) is 3.85. The van der Waals surface area contributed by atoms with Crippen LogP contribution in [0, 0.1) is 11.8 Å². The summed E-state index contributed by atoms with van der Waals surface area (Å²) in [5, 5.41) is 11.9. The maximum Gasteiger partial charge on any atom is 0.310 e. The Labute approximate surface area is 127 Å². The summed E-state index contributed by atoms with van der Waals surface area (Å²) in [5.41, 5.74) is 1.31. The molecule has 21 heavy (non-hydrogen) atoms. The van der Waals surface area contributed by atoms with E-state index in [0.29, 0.717) is 12.3 Å². The van der Waals surface area contributed by atoms with Gasteiger partial charge in [0.05, 0.1) is 10.8 Å². The van der Waals surface area contributed by atoms with Crippen LogP contribution in [0.2, 0.25) is 0 Å². The van der Waals surface area contributed by atoms with Crippen molar-refractivity contribution in [1.82, 2.24) is 5.32 Å². The minimum atomic E-state index is -0.830. The average molecular weight is 305 g/mol. The van der Waals surface area contributed by atoms with Crippen LogP contribution in [0.25, 0.3) is 0 Å². The third kappa shape index (κ3) is 3.02. The molecule has 2 aliphatic rings. The van der Waals surface area contributed by atoms with Crippen LogP contribution in [0.4, 0.5) is 0 Å². The summed E-state index contributed by atoms with van der Waals surface area (Å²) in [4.78, 5) is 25.3. The number of amides is 1.